The Balaban J connectivity index is 1.62. The molecule has 0 spiro atoms. The van der Waals surface area contributed by atoms with Crippen LogP contribution in [-0.2, 0) is 6.42 Å². The van der Waals surface area contributed by atoms with Gasteiger partial charge in [0.2, 0.25) is 5.65 Å². The lowest BCUT2D eigenvalue weighted by Gasteiger charge is -2.22. The number of rotatable bonds is 4. The number of hydrogen-bond acceptors (Lipinski definition) is 4. The van der Waals surface area contributed by atoms with Crippen LogP contribution in [0.15, 0.2) is 59.2 Å². The zero-order chi connectivity index (χ0) is 22.2. The van der Waals surface area contributed by atoms with Crippen LogP contribution >= 0.6 is 0 Å². The van der Waals surface area contributed by atoms with Gasteiger partial charge in [-0.3, -0.25) is 4.98 Å². The largest absolute Gasteiger partial charge is 0.485 e. The third-order valence-corrected chi connectivity index (χ3v) is 6.06. The van der Waals surface area contributed by atoms with Crippen molar-refractivity contribution in [2.24, 2.45) is 5.10 Å². The lowest BCUT2D eigenvalue weighted by molar-refractivity contribution is -0.465. The van der Waals surface area contributed by atoms with E-state index < -0.39 is 0 Å². The highest BCUT2D eigenvalue weighted by atomic mass is 16.5. The van der Waals surface area contributed by atoms with Crippen LogP contribution in [0.3, 0.4) is 0 Å². The number of aromatic amines is 1. The van der Waals surface area contributed by atoms with Crippen molar-refractivity contribution >= 4 is 34.8 Å². The van der Waals surface area contributed by atoms with Crippen LogP contribution in [0, 0.1) is 18.3 Å². The summed E-state index contributed by atoms with van der Waals surface area (Å²) in [4.78, 5) is 3.41. The van der Waals surface area contributed by atoms with Crippen molar-refractivity contribution in [1.82, 2.24) is 4.98 Å². The third kappa shape index (κ3) is 3.10. The van der Waals surface area contributed by atoms with E-state index >= 15 is 0 Å². The van der Waals surface area contributed by atoms with Gasteiger partial charge in [0.25, 0.3) is 5.82 Å². The summed E-state index contributed by atoms with van der Waals surface area (Å²) in [6.07, 6.45) is 4.60. The molecule has 6 nitrogen and oxygen atoms in total. The molecule has 0 amide bonds. The fourth-order valence-corrected chi connectivity index (χ4v) is 4.39. The number of benzene rings is 2. The molecular weight excluding hydrogens is 398 g/mol. The van der Waals surface area contributed by atoms with Crippen LogP contribution in [0.2, 0.25) is 0 Å². The summed E-state index contributed by atoms with van der Waals surface area (Å²) in [6.45, 7) is 6.11. The van der Waals surface area contributed by atoms with Gasteiger partial charge < -0.3 is 4.74 Å². The molecule has 0 radical (unpaired) electrons. The molecule has 0 unspecified atom stereocenters. The number of nitrogens with one attached hydrogen (secondary N) is 2. The summed E-state index contributed by atoms with van der Waals surface area (Å²) in [5.41, 5.74) is 10.7. The van der Waals surface area contributed by atoms with Gasteiger partial charge in [-0.15, -0.1) is 5.10 Å². The Labute approximate surface area is 186 Å². The van der Waals surface area contributed by atoms with Gasteiger partial charge >= 0.3 is 0 Å². The second-order valence-electron chi connectivity index (χ2n) is 7.93. The summed E-state index contributed by atoms with van der Waals surface area (Å²) >= 11 is 0. The molecule has 2 aromatic heterocycles. The van der Waals surface area contributed by atoms with Gasteiger partial charge in [-0.2, -0.15) is 15.1 Å². The fourth-order valence-electron chi connectivity index (χ4n) is 4.39. The standard InChI is InChI=1S/C26H23N5O/c1-4-20-16(2)21(14-27)25-29-22-10-6-7-11-23(22)31(25)26(20)30-28-15-19-13-18-9-5-8-12-24(18)32-17(19)3/h5-13,15,17H,4H2,1-3H3,(H,29,30)/p+1/b28-15-/t17-/m1/s1. The maximum absolute atomic E-state index is 9.85. The molecule has 1 atom stereocenters. The van der Waals surface area contributed by atoms with Crippen LogP contribution in [0.25, 0.3) is 22.8 Å². The number of aromatic nitrogens is 2. The van der Waals surface area contributed by atoms with E-state index in [1.54, 1.807) is 0 Å². The summed E-state index contributed by atoms with van der Waals surface area (Å²) in [6, 6.07) is 18.4. The molecular formula is C26H24N5O+. The summed E-state index contributed by atoms with van der Waals surface area (Å²) in [5.74, 6) is 1.75. The van der Waals surface area contributed by atoms with Gasteiger partial charge in [-0.25, -0.2) is 0 Å². The molecule has 0 saturated carbocycles. The topological polar surface area (TPSA) is 77.3 Å². The van der Waals surface area contributed by atoms with Crippen molar-refractivity contribution in [2.45, 2.75) is 33.3 Å². The highest BCUT2D eigenvalue weighted by molar-refractivity contribution is 5.89. The van der Waals surface area contributed by atoms with Crippen LogP contribution in [0.5, 0.6) is 5.75 Å². The molecule has 32 heavy (non-hydrogen) atoms. The number of para-hydroxylation sites is 3. The molecule has 4 aromatic rings. The van der Waals surface area contributed by atoms with E-state index in [4.69, 9.17) is 4.74 Å². The molecule has 0 aliphatic carbocycles. The van der Waals surface area contributed by atoms with Crippen molar-refractivity contribution in [3.8, 4) is 11.8 Å². The molecule has 2 N–H and O–H groups in total. The Morgan fingerprint density at radius 3 is 2.81 bits per heavy atom. The first-order valence-electron chi connectivity index (χ1n) is 10.8. The SMILES string of the molecule is CCc1c(C)c(C#N)c2[nH]c3ccccc3[n+]2c1N/N=C\C1=Cc2ccccc2O[C@@H]1C. The average Bonchev–Trinajstić information content (AvgIpc) is 3.18. The molecule has 1 aliphatic heterocycles. The first-order valence-corrected chi connectivity index (χ1v) is 10.8. The van der Waals surface area contributed by atoms with E-state index in [0.29, 0.717) is 5.56 Å². The molecule has 0 bridgehead atoms. The van der Waals surface area contributed by atoms with Crippen molar-refractivity contribution in [3.05, 3.63) is 76.4 Å². The fraction of sp³-hybridized carbons (Fsp3) is 0.192. The summed E-state index contributed by atoms with van der Waals surface area (Å²) in [7, 11) is 0. The highest BCUT2D eigenvalue weighted by Gasteiger charge is 2.25. The quantitative estimate of drug-likeness (QED) is 0.279. The number of hydrazone groups is 1. The lowest BCUT2D eigenvalue weighted by atomic mass is 10.0. The van der Waals surface area contributed by atoms with Gasteiger partial charge in [-0.1, -0.05) is 37.3 Å². The van der Waals surface area contributed by atoms with Crippen molar-refractivity contribution in [3.63, 3.8) is 0 Å². The second kappa shape index (κ2) is 7.86. The van der Waals surface area contributed by atoms with E-state index in [0.717, 1.165) is 56.9 Å². The number of pyridine rings is 1. The molecule has 2 aromatic carbocycles. The van der Waals surface area contributed by atoms with Crippen molar-refractivity contribution < 1.29 is 9.14 Å². The maximum Gasteiger partial charge on any atom is 0.253 e. The zero-order valence-corrected chi connectivity index (χ0v) is 18.3. The van der Waals surface area contributed by atoms with Gasteiger partial charge in [0.1, 0.15) is 34.5 Å². The number of fused-ring (bicyclic) bond motifs is 4. The molecule has 3 heterocycles. The minimum absolute atomic E-state index is 0.0930. The van der Waals surface area contributed by atoms with E-state index in [1.165, 1.54) is 0 Å². The van der Waals surface area contributed by atoms with Gasteiger partial charge in [0.15, 0.2) is 0 Å². The molecule has 5 rings (SSSR count). The van der Waals surface area contributed by atoms with Gasteiger partial charge in [0.05, 0.1) is 6.21 Å². The first-order chi connectivity index (χ1) is 15.6. The second-order valence-corrected chi connectivity index (χ2v) is 7.93. The number of hydrogen-bond donors (Lipinski definition) is 2. The Morgan fingerprint density at radius 2 is 2.00 bits per heavy atom. The van der Waals surface area contributed by atoms with Crippen LogP contribution < -0.4 is 14.6 Å². The smallest absolute Gasteiger partial charge is 0.253 e. The van der Waals surface area contributed by atoms with E-state index in [2.05, 4.69) is 39.0 Å². The van der Waals surface area contributed by atoms with E-state index in [9.17, 15) is 5.26 Å². The Morgan fingerprint density at radius 1 is 1.22 bits per heavy atom. The Hall–Kier alpha value is -4.11. The number of nitrogens with zero attached hydrogens (tertiary/aromatic N) is 3. The van der Waals surface area contributed by atoms with Crippen LogP contribution in [0.1, 0.15) is 36.1 Å². The average molecular weight is 423 g/mol. The first kappa shape index (κ1) is 19.8. The minimum Gasteiger partial charge on any atom is -0.485 e. The highest BCUT2D eigenvalue weighted by Crippen LogP contribution is 2.29. The van der Waals surface area contributed by atoms with Crippen molar-refractivity contribution in [1.29, 1.82) is 5.26 Å². The predicted octanol–water partition coefficient (Wildman–Crippen LogP) is 4.91. The van der Waals surface area contributed by atoms with Gasteiger partial charge in [0, 0.05) is 16.7 Å². The zero-order valence-electron chi connectivity index (χ0n) is 18.3. The molecule has 6 heteroatoms. The Bertz CT molecular complexity index is 1450. The third-order valence-electron chi connectivity index (χ3n) is 6.06. The maximum atomic E-state index is 9.85. The molecule has 0 fully saturated rings. The lowest BCUT2D eigenvalue weighted by Crippen LogP contribution is -2.28. The molecule has 1 aliphatic rings. The number of anilines is 1. The number of nitriles is 1. The normalized spacial score (nSPS) is 15.4. The molecule has 158 valence electrons. The summed E-state index contributed by atoms with van der Waals surface area (Å²) < 4.78 is 8.08. The van der Waals surface area contributed by atoms with E-state index in [1.807, 2.05) is 68.6 Å². The van der Waals surface area contributed by atoms with Crippen LogP contribution in [-0.4, -0.2) is 17.3 Å². The Kier molecular flexibility index (Phi) is 4.87. The molecule has 0 saturated heterocycles. The minimum atomic E-state index is -0.0930. The van der Waals surface area contributed by atoms with E-state index in [-0.39, 0.29) is 6.10 Å². The monoisotopic (exact) mass is 422 g/mol. The predicted molar refractivity (Wildman–Crippen MR) is 127 cm³/mol. The number of H-pyrrole nitrogens is 1. The van der Waals surface area contributed by atoms with Crippen molar-refractivity contribution in [2.75, 3.05) is 5.43 Å². The number of ether oxygens (including phenoxy) is 1. The van der Waals surface area contributed by atoms with Gasteiger partial charge in [-0.05, 0) is 50.1 Å². The van der Waals surface area contributed by atoms with Crippen LogP contribution in [0.4, 0.5) is 5.82 Å². The summed E-state index contributed by atoms with van der Waals surface area (Å²) in [5, 5.41) is 14.4. The number of imidazole rings is 1.